The molecule has 3 aromatic heterocycles. The molecule has 0 saturated carbocycles. The Labute approximate surface area is 176 Å². The highest BCUT2D eigenvalue weighted by atomic mass is 35.5. The number of hydrazone groups is 1. The number of fused-ring (bicyclic) bond motifs is 1. The summed E-state index contributed by atoms with van der Waals surface area (Å²) in [5.74, 6) is 0.565. The number of benzene rings is 2. The summed E-state index contributed by atoms with van der Waals surface area (Å²) in [7, 11) is 0. The van der Waals surface area contributed by atoms with Gasteiger partial charge in [0.05, 0.1) is 29.8 Å². The minimum atomic E-state index is 0.565. The van der Waals surface area contributed by atoms with Crippen LogP contribution in [0.25, 0.3) is 22.4 Å². The van der Waals surface area contributed by atoms with E-state index in [4.69, 9.17) is 11.6 Å². The number of nitrogens with one attached hydrogen (secondary N) is 1. The zero-order chi connectivity index (χ0) is 20.3. The molecule has 8 nitrogen and oxygen atoms in total. The highest BCUT2D eigenvalue weighted by Gasteiger charge is 2.11. The average molecular weight is 415 g/mol. The van der Waals surface area contributed by atoms with Crippen molar-refractivity contribution in [3.8, 4) is 11.4 Å². The second kappa shape index (κ2) is 7.76. The highest BCUT2D eigenvalue weighted by Crippen LogP contribution is 2.23. The van der Waals surface area contributed by atoms with E-state index in [1.165, 1.54) is 6.33 Å². The van der Waals surface area contributed by atoms with Crippen LogP contribution in [-0.4, -0.2) is 35.5 Å². The van der Waals surface area contributed by atoms with Crippen LogP contribution in [0.3, 0.4) is 0 Å². The van der Waals surface area contributed by atoms with Gasteiger partial charge in [-0.2, -0.15) is 10.2 Å². The third-order valence-corrected chi connectivity index (χ3v) is 4.71. The Bertz CT molecular complexity index is 1340. The summed E-state index contributed by atoms with van der Waals surface area (Å²) >= 11 is 6.10. The summed E-state index contributed by atoms with van der Waals surface area (Å²) in [5, 5.41) is 10.1. The molecule has 0 spiro atoms. The van der Waals surface area contributed by atoms with Crippen LogP contribution in [0.4, 0.5) is 5.82 Å². The first-order valence-corrected chi connectivity index (χ1v) is 9.48. The molecule has 0 aliphatic heterocycles. The first kappa shape index (κ1) is 18.0. The van der Waals surface area contributed by atoms with E-state index < -0.39 is 0 Å². The van der Waals surface area contributed by atoms with E-state index in [0.717, 1.165) is 22.3 Å². The fourth-order valence-electron chi connectivity index (χ4n) is 3.08. The van der Waals surface area contributed by atoms with Gasteiger partial charge >= 0.3 is 0 Å². The Kier molecular flexibility index (Phi) is 4.66. The van der Waals surface area contributed by atoms with Crippen molar-refractivity contribution in [3.05, 3.63) is 90.4 Å². The van der Waals surface area contributed by atoms with Gasteiger partial charge in [0.25, 0.3) is 0 Å². The lowest BCUT2D eigenvalue weighted by Crippen LogP contribution is -1.99. The third-order valence-electron chi connectivity index (χ3n) is 4.48. The number of rotatable bonds is 5. The van der Waals surface area contributed by atoms with Gasteiger partial charge in [0.2, 0.25) is 0 Å². The molecule has 9 heteroatoms. The Morgan fingerprint density at radius 2 is 1.93 bits per heavy atom. The first-order chi connectivity index (χ1) is 14.8. The summed E-state index contributed by atoms with van der Waals surface area (Å²) in [4.78, 5) is 12.7. The normalized spacial score (nSPS) is 11.4. The first-order valence-electron chi connectivity index (χ1n) is 9.10. The van der Waals surface area contributed by atoms with Crippen LogP contribution < -0.4 is 5.43 Å². The van der Waals surface area contributed by atoms with Crippen molar-refractivity contribution in [2.24, 2.45) is 5.10 Å². The molecule has 0 atom stereocenters. The summed E-state index contributed by atoms with van der Waals surface area (Å²) in [5.41, 5.74) is 6.41. The van der Waals surface area contributed by atoms with E-state index in [9.17, 15) is 0 Å². The van der Waals surface area contributed by atoms with Gasteiger partial charge < -0.3 is 4.57 Å². The van der Waals surface area contributed by atoms with Gasteiger partial charge in [0.15, 0.2) is 11.5 Å². The largest absolute Gasteiger partial charge is 0.306 e. The highest BCUT2D eigenvalue weighted by molar-refractivity contribution is 6.30. The number of halogens is 1. The van der Waals surface area contributed by atoms with Gasteiger partial charge in [-0.05, 0) is 35.9 Å². The Balaban J connectivity index is 1.41. The maximum atomic E-state index is 6.10. The molecule has 2 aromatic carbocycles. The van der Waals surface area contributed by atoms with Crippen molar-refractivity contribution in [1.29, 1.82) is 0 Å². The number of hydrogen-bond donors (Lipinski definition) is 1. The average Bonchev–Trinajstić information content (AvgIpc) is 3.45. The van der Waals surface area contributed by atoms with E-state index in [2.05, 4.69) is 30.6 Å². The molecule has 0 bridgehead atoms. The van der Waals surface area contributed by atoms with Crippen molar-refractivity contribution in [2.45, 2.75) is 0 Å². The minimum absolute atomic E-state index is 0.565. The number of hydrogen-bond acceptors (Lipinski definition) is 6. The third kappa shape index (κ3) is 3.51. The lowest BCUT2D eigenvalue weighted by atomic mass is 10.2. The van der Waals surface area contributed by atoms with Crippen LogP contribution in [0, 0.1) is 0 Å². The molecule has 0 saturated heterocycles. The summed E-state index contributed by atoms with van der Waals surface area (Å²) in [6.45, 7) is 0. The fourth-order valence-corrected chi connectivity index (χ4v) is 3.26. The predicted molar refractivity (Wildman–Crippen MR) is 116 cm³/mol. The fraction of sp³-hybridized carbons (Fsp3) is 0. The van der Waals surface area contributed by atoms with Crippen molar-refractivity contribution in [1.82, 2.24) is 29.3 Å². The van der Waals surface area contributed by atoms with Gasteiger partial charge in [-0.1, -0.05) is 29.8 Å². The van der Waals surface area contributed by atoms with Gasteiger partial charge in [-0.15, -0.1) is 0 Å². The molecule has 3 heterocycles. The van der Waals surface area contributed by atoms with Gasteiger partial charge in [-0.25, -0.2) is 19.6 Å². The lowest BCUT2D eigenvalue weighted by Gasteiger charge is -2.05. The van der Waals surface area contributed by atoms with Crippen molar-refractivity contribution >= 4 is 34.7 Å². The van der Waals surface area contributed by atoms with Crippen LogP contribution in [0.1, 0.15) is 5.56 Å². The monoisotopic (exact) mass is 414 g/mol. The van der Waals surface area contributed by atoms with E-state index >= 15 is 0 Å². The molecule has 0 aliphatic carbocycles. The molecule has 5 rings (SSSR count). The van der Waals surface area contributed by atoms with Gasteiger partial charge in [0.1, 0.15) is 6.33 Å². The summed E-state index contributed by atoms with van der Waals surface area (Å²) in [6, 6.07) is 15.4. The number of imidazole rings is 1. The Hall–Kier alpha value is -4.04. The van der Waals surface area contributed by atoms with Crippen LogP contribution in [0.2, 0.25) is 5.02 Å². The Morgan fingerprint density at radius 1 is 1.03 bits per heavy atom. The van der Waals surface area contributed by atoms with Gasteiger partial charge in [-0.3, -0.25) is 5.43 Å². The van der Waals surface area contributed by atoms with Crippen LogP contribution in [0.15, 0.2) is 84.9 Å². The lowest BCUT2D eigenvalue weighted by molar-refractivity contribution is 0.895. The molecule has 146 valence electrons. The maximum absolute atomic E-state index is 6.10. The van der Waals surface area contributed by atoms with E-state index in [0.29, 0.717) is 16.5 Å². The smallest absolute Gasteiger partial charge is 0.168 e. The maximum Gasteiger partial charge on any atom is 0.168 e. The molecule has 0 fully saturated rings. The molecule has 5 aromatic rings. The van der Waals surface area contributed by atoms with Crippen LogP contribution in [0.5, 0.6) is 0 Å². The molecule has 0 aliphatic rings. The van der Waals surface area contributed by atoms with Crippen molar-refractivity contribution in [2.75, 3.05) is 5.43 Å². The predicted octanol–water partition coefficient (Wildman–Crippen LogP) is 4.10. The number of aromatic nitrogens is 6. The molecule has 1 N–H and O–H groups in total. The van der Waals surface area contributed by atoms with Crippen LogP contribution >= 0.6 is 11.6 Å². The molecule has 30 heavy (non-hydrogen) atoms. The molecule has 0 amide bonds. The standard InChI is InChI=1S/C21H15ClN8/c22-16-4-2-6-18(10-16)30-21-19(12-27-30)20(24-13-25-21)28-26-11-15-3-1-5-17(9-15)29-8-7-23-14-29/h1-14H,(H,24,25,28)/b26-11+. The molecule has 0 unspecified atom stereocenters. The zero-order valence-electron chi connectivity index (χ0n) is 15.6. The molecular weight excluding hydrogens is 400 g/mol. The van der Waals surface area contributed by atoms with E-state index in [1.807, 2.05) is 59.3 Å². The van der Waals surface area contributed by atoms with Crippen molar-refractivity contribution in [3.63, 3.8) is 0 Å². The number of anilines is 1. The summed E-state index contributed by atoms with van der Waals surface area (Å²) < 4.78 is 3.65. The Morgan fingerprint density at radius 3 is 2.80 bits per heavy atom. The second-order valence-electron chi connectivity index (χ2n) is 6.43. The summed E-state index contributed by atoms with van der Waals surface area (Å²) in [6.07, 6.45) is 10.3. The second-order valence-corrected chi connectivity index (χ2v) is 6.87. The quantitative estimate of drug-likeness (QED) is 0.345. The number of nitrogens with zero attached hydrogens (tertiary/aromatic N) is 7. The van der Waals surface area contributed by atoms with Gasteiger partial charge in [0, 0.05) is 23.1 Å². The molecular formula is C21H15ClN8. The van der Waals surface area contributed by atoms with Crippen molar-refractivity contribution < 1.29 is 0 Å². The molecule has 0 radical (unpaired) electrons. The van der Waals surface area contributed by atoms with Crippen LogP contribution in [-0.2, 0) is 0 Å². The minimum Gasteiger partial charge on any atom is -0.306 e. The topological polar surface area (TPSA) is 85.8 Å². The van der Waals surface area contributed by atoms with E-state index in [-0.39, 0.29) is 0 Å². The SMILES string of the molecule is Clc1cccc(-n2ncc3c(N/N=C/c4cccc(-n5ccnc5)c4)ncnc32)c1. The zero-order valence-corrected chi connectivity index (χ0v) is 16.3. The van der Waals surface area contributed by atoms with E-state index in [1.54, 1.807) is 29.6 Å².